The highest BCUT2D eigenvalue weighted by Gasteiger charge is 2.21. The van der Waals surface area contributed by atoms with Crippen molar-refractivity contribution in [1.82, 2.24) is 14.7 Å². The zero-order valence-electron chi connectivity index (χ0n) is 13.6. The summed E-state index contributed by atoms with van der Waals surface area (Å²) in [5, 5.41) is 13.0. The second-order valence-electron chi connectivity index (χ2n) is 5.27. The zero-order chi connectivity index (χ0) is 17.7. The molecule has 2 aromatic rings. The van der Waals surface area contributed by atoms with E-state index in [9.17, 15) is 14.4 Å². The Bertz CT molecular complexity index is 799. The first kappa shape index (κ1) is 17.4. The number of nitrogens with zero attached hydrogens (tertiary/aromatic N) is 3. The van der Waals surface area contributed by atoms with Gasteiger partial charge in [-0.25, -0.2) is 4.68 Å². The monoisotopic (exact) mass is 329 g/mol. The van der Waals surface area contributed by atoms with E-state index in [0.29, 0.717) is 12.2 Å². The fourth-order valence-corrected chi connectivity index (χ4v) is 2.31. The summed E-state index contributed by atoms with van der Waals surface area (Å²) >= 11 is 0. The highest BCUT2D eigenvalue weighted by Crippen LogP contribution is 2.09. The van der Waals surface area contributed by atoms with Gasteiger partial charge in [-0.1, -0.05) is 18.2 Å². The van der Waals surface area contributed by atoms with Crippen LogP contribution in [-0.2, 0) is 4.79 Å². The summed E-state index contributed by atoms with van der Waals surface area (Å²) in [6.07, 6.45) is -0.182. The number of carboxylic acid groups (broad SMARTS) is 1. The minimum Gasteiger partial charge on any atom is -0.481 e. The number of benzene rings is 1. The quantitative estimate of drug-likeness (QED) is 0.866. The van der Waals surface area contributed by atoms with Crippen molar-refractivity contribution in [2.24, 2.45) is 0 Å². The number of aromatic nitrogens is 2. The summed E-state index contributed by atoms with van der Waals surface area (Å²) in [6.45, 7) is 3.79. The Labute approximate surface area is 139 Å². The summed E-state index contributed by atoms with van der Waals surface area (Å²) in [6, 6.07) is 10.5. The highest BCUT2D eigenvalue weighted by atomic mass is 16.4. The summed E-state index contributed by atoms with van der Waals surface area (Å²) in [5.74, 6) is -1.56. The fraction of sp³-hybridized carbons (Fsp3) is 0.294. The standard InChI is InChI=1S/C17H19N3O4/c1-3-19(10-9-15(22)23)17(24)16-14(21)11-12(2)20(18-16)13-7-5-4-6-8-13/h4-8,11H,3,9-10H2,1-2H3,(H,22,23). The minimum atomic E-state index is -1.00. The molecule has 126 valence electrons. The van der Waals surface area contributed by atoms with Gasteiger partial charge in [-0.05, 0) is 26.0 Å². The maximum Gasteiger partial charge on any atom is 0.305 e. The third kappa shape index (κ3) is 3.87. The Morgan fingerprint density at radius 3 is 2.50 bits per heavy atom. The summed E-state index contributed by atoms with van der Waals surface area (Å²) in [4.78, 5) is 36.8. The Kier molecular flexibility index (Phi) is 5.47. The summed E-state index contributed by atoms with van der Waals surface area (Å²) in [7, 11) is 0. The molecule has 0 bridgehead atoms. The normalized spacial score (nSPS) is 10.4. The van der Waals surface area contributed by atoms with Gasteiger partial charge in [0.15, 0.2) is 5.69 Å². The predicted molar refractivity (Wildman–Crippen MR) is 88.4 cm³/mol. The van der Waals surface area contributed by atoms with Crippen LogP contribution >= 0.6 is 0 Å². The lowest BCUT2D eigenvalue weighted by Gasteiger charge is -2.20. The molecule has 0 aliphatic heterocycles. The van der Waals surface area contributed by atoms with E-state index in [1.807, 2.05) is 30.3 Å². The highest BCUT2D eigenvalue weighted by molar-refractivity contribution is 5.92. The molecule has 24 heavy (non-hydrogen) atoms. The molecule has 1 amide bonds. The molecule has 1 aromatic heterocycles. The first-order chi connectivity index (χ1) is 11.4. The molecule has 7 heteroatoms. The Morgan fingerprint density at radius 2 is 1.92 bits per heavy atom. The lowest BCUT2D eigenvalue weighted by molar-refractivity contribution is -0.137. The number of rotatable bonds is 6. The summed E-state index contributed by atoms with van der Waals surface area (Å²) < 4.78 is 1.53. The number of aliphatic carboxylic acids is 1. The van der Waals surface area contributed by atoms with Gasteiger partial charge in [0.1, 0.15) is 0 Å². The van der Waals surface area contributed by atoms with E-state index in [1.165, 1.54) is 15.6 Å². The van der Waals surface area contributed by atoms with E-state index < -0.39 is 17.3 Å². The Morgan fingerprint density at radius 1 is 1.25 bits per heavy atom. The first-order valence-corrected chi connectivity index (χ1v) is 7.61. The number of hydrogen-bond acceptors (Lipinski definition) is 4. The zero-order valence-corrected chi connectivity index (χ0v) is 13.6. The smallest absolute Gasteiger partial charge is 0.305 e. The molecule has 0 saturated carbocycles. The van der Waals surface area contributed by atoms with Crippen LogP contribution in [0.1, 0.15) is 29.5 Å². The molecule has 0 radical (unpaired) electrons. The number of amides is 1. The number of aryl methyl sites for hydroxylation is 1. The predicted octanol–water partition coefficient (Wildman–Crippen LogP) is 1.48. The molecule has 0 spiro atoms. The van der Waals surface area contributed by atoms with Crippen LogP contribution < -0.4 is 5.43 Å². The van der Waals surface area contributed by atoms with Crippen molar-refractivity contribution < 1.29 is 14.7 Å². The van der Waals surface area contributed by atoms with Crippen LogP contribution in [0, 0.1) is 6.92 Å². The number of hydrogen-bond donors (Lipinski definition) is 1. The van der Waals surface area contributed by atoms with Gasteiger partial charge in [0, 0.05) is 24.8 Å². The van der Waals surface area contributed by atoms with Gasteiger partial charge in [-0.2, -0.15) is 5.10 Å². The van der Waals surface area contributed by atoms with Crippen molar-refractivity contribution in [3.63, 3.8) is 0 Å². The van der Waals surface area contributed by atoms with Crippen LogP contribution in [0.4, 0.5) is 0 Å². The van der Waals surface area contributed by atoms with E-state index in [0.717, 1.165) is 5.69 Å². The molecule has 0 fully saturated rings. The summed E-state index contributed by atoms with van der Waals surface area (Å²) in [5.41, 5.74) is 0.657. The largest absolute Gasteiger partial charge is 0.481 e. The number of carboxylic acids is 1. The van der Waals surface area contributed by atoms with Gasteiger partial charge in [0.25, 0.3) is 5.91 Å². The van der Waals surface area contributed by atoms with Crippen molar-refractivity contribution >= 4 is 11.9 Å². The van der Waals surface area contributed by atoms with E-state index in [-0.39, 0.29) is 18.7 Å². The van der Waals surface area contributed by atoms with Crippen molar-refractivity contribution in [2.75, 3.05) is 13.1 Å². The maximum atomic E-state index is 12.6. The van der Waals surface area contributed by atoms with Crippen LogP contribution in [0.2, 0.25) is 0 Å². The average Bonchev–Trinajstić information content (AvgIpc) is 2.56. The number of carbonyl (C=O) groups is 2. The Hall–Kier alpha value is -2.96. The van der Waals surface area contributed by atoms with Crippen molar-refractivity contribution in [3.05, 3.63) is 58.0 Å². The Balaban J connectivity index is 2.41. The molecule has 0 aliphatic rings. The van der Waals surface area contributed by atoms with Crippen LogP contribution in [0.5, 0.6) is 0 Å². The van der Waals surface area contributed by atoms with Gasteiger partial charge in [-0.15, -0.1) is 0 Å². The molecule has 1 heterocycles. The van der Waals surface area contributed by atoms with Crippen LogP contribution in [-0.4, -0.2) is 44.8 Å². The third-order valence-corrected chi connectivity index (χ3v) is 3.58. The molecule has 7 nitrogen and oxygen atoms in total. The molecule has 2 rings (SSSR count). The van der Waals surface area contributed by atoms with Crippen LogP contribution in [0.3, 0.4) is 0 Å². The second kappa shape index (κ2) is 7.54. The van der Waals surface area contributed by atoms with Crippen molar-refractivity contribution in [1.29, 1.82) is 0 Å². The molecule has 0 aliphatic carbocycles. The average molecular weight is 329 g/mol. The molecule has 0 unspecified atom stereocenters. The van der Waals surface area contributed by atoms with Crippen molar-refractivity contribution in [3.8, 4) is 5.69 Å². The first-order valence-electron chi connectivity index (χ1n) is 7.61. The lowest BCUT2D eigenvalue weighted by Crippen LogP contribution is -2.37. The van der Waals surface area contributed by atoms with Gasteiger partial charge in [-0.3, -0.25) is 14.4 Å². The SMILES string of the molecule is CCN(CCC(=O)O)C(=O)c1nn(-c2ccccc2)c(C)cc1=O. The van der Waals surface area contributed by atoms with Gasteiger partial charge >= 0.3 is 5.97 Å². The van der Waals surface area contributed by atoms with E-state index >= 15 is 0 Å². The molecule has 0 atom stereocenters. The molecule has 1 N–H and O–H groups in total. The molecule has 1 aromatic carbocycles. The van der Waals surface area contributed by atoms with E-state index in [4.69, 9.17) is 5.11 Å². The van der Waals surface area contributed by atoms with Crippen molar-refractivity contribution in [2.45, 2.75) is 20.3 Å². The number of carbonyl (C=O) groups excluding carboxylic acids is 1. The molecular formula is C17H19N3O4. The van der Waals surface area contributed by atoms with Gasteiger partial charge < -0.3 is 10.0 Å². The van der Waals surface area contributed by atoms with Gasteiger partial charge in [0.2, 0.25) is 5.43 Å². The molecular weight excluding hydrogens is 310 g/mol. The lowest BCUT2D eigenvalue weighted by atomic mass is 10.2. The van der Waals surface area contributed by atoms with E-state index in [2.05, 4.69) is 5.10 Å². The minimum absolute atomic E-state index is 0.0327. The fourth-order valence-electron chi connectivity index (χ4n) is 2.31. The maximum absolute atomic E-state index is 12.6. The third-order valence-electron chi connectivity index (χ3n) is 3.58. The number of para-hydroxylation sites is 1. The van der Waals surface area contributed by atoms with Crippen LogP contribution in [0.25, 0.3) is 5.69 Å². The van der Waals surface area contributed by atoms with Crippen LogP contribution in [0.15, 0.2) is 41.2 Å². The topological polar surface area (TPSA) is 92.5 Å². The molecule has 0 saturated heterocycles. The second-order valence-corrected chi connectivity index (χ2v) is 5.27. The van der Waals surface area contributed by atoms with E-state index in [1.54, 1.807) is 13.8 Å². The van der Waals surface area contributed by atoms with Gasteiger partial charge in [0.05, 0.1) is 12.1 Å².